The number of hydrogen-bond acceptors (Lipinski definition) is 7. The van der Waals surface area contributed by atoms with Crippen LogP contribution < -0.4 is 10.0 Å². The number of benzene rings is 4. The molecule has 0 atom stereocenters. The molecular weight excluding hydrogens is 667 g/mol. The molecule has 0 unspecified atom stereocenters. The third-order valence-electron chi connectivity index (χ3n) is 7.59. The Labute approximate surface area is 281 Å². The van der Waals surface area contributed by atoms with Gasteiger partial charge in [-0.2, -0.15) is 0 Å². The van der Waals surface area contributed by atoms with E-state index in [1.54, 1.807) is 36.4 Å². The summed E-state index contributed by atoms with van der Waals surface area (Å²) in [5, 5.41) is 8.04. The van der Waals surface area contributed by atoms with Crippen LogP contribution in [-0.2, 0) is 21.4 Å². The van der Waals surface area contributed by atoms with Crippen molar-refractivity contribution in [1.82, 2.24) is 15.2 Å². The molecule has 0 bridgehead atoms. The van der Waals surface area contributed by atoms with Crippen LogP contribution in [-0.4, -0.2) is 49.1 Å². The van der Waals surface area contributed by atoms with Crippen molar-refractivity contribution in [3.63, 3.8) is 0 Å². The largest absolute Gasteiger partial charge is 0.353 e. The first kappa shape index (κ1) is 31.8. The molecule has 1 aromatic heterocycles. The van der Waals surface area contributed by atoms with Crippen LogP contribution in [0.25, 0.3) is 22.0 Å². The Bertz CT molecular complexity index is 1940. The lowest BCUT2D eigenvalue weighted by atomic mass is 10.0. The number of likely N-dealkylation sites (tertiary alicyclic amines) is 1. The second-order valence-corrected chi connectivity index (χ2v) is 15.4. The van der Waals surface area contributed by atoms with Crippen LogP contribution in [0.4, 0.5) is 5.69 Å². The Morgan fingerprint density at radius 1 is 0.933 bits per heavy atom. The SMILES string of the molecule is O=C(CSc1nc(-c2cccc(NS(=O)(=O)c3ccc4ccccc4c3)c2)cs1)NC1CCN(Cc2ccc(Cl)c(Cl)c2)CC1. The molecule has 7 nitrogen and oxygen atoms in total. The van der Waals surface area contributed by atoms with E-state index in [2.05, 4.69) is 14.9 Å². The summed E-state index contributed by atoms with van der Waals surface area (Å²) in [6.07, 6.45) is 1.78. The number of fused-ring (bicyclic) bond motifs is 1. The van der Waals surface area contributed by atoms with Gasteiger partial charge in [-0.3, -0.25) is 14.4 Å². The van der Waals surface area contributed by atoms with Gasteiger partial charge >= 0.3 is 0 Å². The number of carbonyl (C=O) groups excluding carboxylic acids is 1. The summed E-state index contributed by atoms with van der Waals surface area (Å²) in [6, 6.07) is 25.8. The van der Waals surface area contributed by atoms with Gasteiger partial charge < -0.3 is 5.32 Å². The van der Waals surface area contributed by atoms with Gasteiger partial charge in [0, 0.05) is 42.3 Å². The molecule has 5 aromatic rings. The monoisotopic (exact) mass is 696 g/mol. The highest BCUT2D eigenvalue weighted by Crippen LogP contribution is 2.31. The van der Waals surface area contributed by atoms with Crippen molar-refractivity contribution < 1.29 is 13.2 Å². The predicted octanol–water partition coefficient (Wildman–Crippen LogP) is 7.94. The first-order valence-electron chi connectivity index (χ1n) is 14.4. The lowest BCUT2D eigenvalue weighted by Crippen LogP contribution is -2.44. The number of anilines is 1. The molecule has 0 radical (unpaired) electrons. The average Bonchev–Trinajstić information content (AvgIpc) is 3.52. The molecule has 1 saturated heterocycles. The highest BCUT2D eigenvalue weighted by molar-refractivity contribution is 8.01. The maximum Gasteiger partial charge on any atom is 0.261 e. The summed E-state index contributed by atoms with van der Waals surface area (Å²) < 4.78 is 29.7. The molecule has 1 aliphatic heterocycles. The van der Waals surface area contributed by atoms with E-state index in [0.29, 0.717) is 15.7 Å². The van der Waals surface area contributed by atoms with Crippen LogP contribution in [0.3, 0.4) is 0 Å². The smallest absolute Gasteiger partial charge is 0.261 e. The van der Waals surface area contributed by atoms with Crippen molar-refractivity contribution in [3.8, 4) is 11.3 Å². The molecule has 45 heavy (non-hydrogen) atoms. The number of rotatable bonds is 10. The van der Waals surface area contributed by atoms with Gasteiger partial charge in [0.05, 0.1) is 26.4 Å². The van der Waals surface area contributed by atoms with Crippen LogP contribution in [0.5, 0.6) is 0 Å². The highest BCUT2D eigenvalue weighted by Gasteiger charge is 2.21. The van der Waals surface area contributed by atoms with Crippen LogP contribution in [0.15, 0.2) is 99.5 Å². The minimum atomic E-state index is -3.78. The molecule has 0 aliphatic carbocycles. The fraction of sp³-hybridized carbons (Fsp3) is 0.212. The van der Waals surface area contributed by atoms with Gasteiger partial charge in [-0.1, -0.05) is 83.5 Å². The van der Waals surface area contributed by atoms with Crippen molar-refractivity contribution in [2.45, 2.75) is 34.7 Å². The third-order valence-corrected chi connectivity index (χ3v) is 11.7. The normalized spacial score (nSPS) is 14.4. The maximum atomic E-state index is 13.1. The number of nitrogens with one attached hydrogen (secondary N) is 2. The zero-order chi connectivity index (χ0) is 31.4. The standard InChI is InChI=1S/C33H30Cl2N4O3S3/c34-29-11-8-22(16-30(29)35)19-39-14-12-26(13-15-39)36-32(40)21-44-33-37-31(20-43-33)25-6-3-7-27(17-25)38-45(41,42)28-10-9-23-4-1-2-5-24(23)18-28/h1-11,16-18,20,26,38H,12-15,19,21H2,(H,36,40). The quantitative estimate of drug-likeness (QED) is 0.144. The van der Waals surface area contributed by atoms with E-state index in [0.717, 1.165) is 64.4 Å². The Balaban J connectivity index is 0.991. The summed E-state index contributed by atoms with van der Waals surface area (Å²) in [5.41, 5.74) is 3.09. The lowest BCUT2D eigenvalue weighted by Gasteiger charge is -2.32. The van der Waals surface area contributed by atoms with Crippen LogP contribution in [0.1, 0.15) is 18.4 Å². The molecule has 1 amide bonds. The molecule has 0 saturated carbocycles. The maximum absolute atomic E-state index is 13.1. The number of thiazole rings is 1. The van der Waals surface area contributed by atoms with Crippen molar-refractivity contribution in [3.05, 3.63) is 106 Å². The molecular formula is C33H30Cl2N4O3S3. The van der Waals surface area contributed by atoms with Gasteiger partial charge in [-0.15, -0.1) is 11.3 Å². The van der Waals surface area contributed by atoms with E-state index in [-0.39, 0.29) is 22.6 Å². The predicted molar refractivity (Wildman–Crippen MR) is 186 cm³/mol. The van der Waals surface area contributed by atoms with Crippen LogP contribution >= 0.6 is 46.3 Å². The Morgan fingerprint density at radius 3 is 2.53 bits per heavy atom. The number of piperidine rings is 1. The number of aromatic nitrogens is 1. The summed E-state index contributed by atoms with van der Waals surface area (Å²) in [6.45, 7) is 2.59. The van der Waals surface area contributed by atoms with Crippen molar-refractivity contribution in [1.29, 1.82) is 0 Å². The Kier molecular flexibility index (Phi) is 9.99. The fourth-order valence-corrected chi connectivity index (χ4v) is 8.33. The number of hydrogen-bond donors (Lipinski definition) is 2. The van der Waals surface area contributed by atoms with E-state index in [1.807, 2.05) is 53.9 Å². The van der Waals surface area contributed by atoms with Crippen molar-refractivity contribution in [2.24, 2.45) is 0 Å². The van der Waals surface area contributed by atoms with E-state index in [9.17, 15) is 13.2 Å². The number of carbonyl (C=O) groups is 1. The molecule has 232 valence electrons. The first-order valence-corrected chi connectivity index (χ1v) is 18.5. The van der Waals surface area contributed by atoms with Gasteiger partial charge in [0.15, 0.2) is 4.34 Å². The van der Waals surface area contributed by atoms with Gasteiger partial charge in [0.1, 0.15) is 0 Å². The second kappa shape index (κ2) is 14.1. The summed E-state index contributed by atoms with van der Waals surface area (Å²) in [5.74, 6) is 0.270. The Morgan fingerprint density at radius 2 is 1.73 bits per heavy atom. The molecule has 0 spiro atoms. The first-order chi connectivity index (χ1) is 21.7. The molecule has 6 rings (SSSR count). The highest BCUT2D eigenvalue weighted by atomic mass is 35.5. The third kappa shape index (κ3) is 8.19. The summed E-state index contributed by atoms with van der Waals surface area (Å²) in [7, 11) is -3.78. The van der Waals surface area contributed by atoms with Crippen molar-refractivity contribution >= 4 is 78.7 Å². The van der Waals surface area contributed by atoms with E-state index in [4.69, 9.17) is 28.2 Å². The van der Waals surface area contributed by atoms with Gasteiger partial charge in [-0.25, -0.2) is 13.4 Å². The van der Waals surface area contributed by atoms with Crippen LogP contribution in [0.2, 0.25) is 10.0 Å². The molecule has 4 aromatic carbocycles. The van der Waals surface area contributed by atoms with E-state index in [1.165, 1.54) is 23.1 Å². The fourth-order valence-electron chi connectivity index (χ4n) is 5.28. The topological polar surface area (TPSA) is 91.4 Å². The zero-order valence-electron chi connectivity index (χ0n) is 24.1. The van der Waals surface area contributed by atoms with E-state index >= 15 is 0 Å². The number of sulfonamides is 1. The number of thioether (sulfide) groups is 1. The lowest BCUT2D eigenvalue weighted by molar-refractivity contribution is -0.119. The number of halogens is 2. The number of amides is 1. The molecule has 2 heterocycles. The summed E-state index contributed by atoms with van der Waals surface area (Å²) >= 11 is 15.0. The molecule has 12 heteroatoms. The minimum absolute atomic E-state index is 0.00947. The minimum Gasteiger partial charge on any atom is -0.353 e. The number of nitrogens with zero attached hydrogens (tertiary/aromatic N) is 2. The molecule has 1 fully saturated rings. The molecule has 2 N–H and O–H groups in total. The van der Waals surface area contributed by atoms with Gasteiger partial charge in [0.2, 0.25) is 5.91 Å². The van der Waals surface area contributed by atoms with Gasteiger partial charge in [-0.05, 0) is 65.6 Å². The van der Waals surface area contributed by atoms with Crippen molar-refractivity contribution in [2.75, 3.05) is 23.6 Å². The Hall–Kier alpha value is -3.12. The summed E-state index contributed by atoms with van der Waals surface area (Å²) in [4.78, 5) is 20.0. The van der Waals surface area contributed by atoms with E-state index < -0.39 is 10.0 Å². The van der Waals surface area contributed by atoms with Crippen LogP contribution in [0, 0.1) is 0 Å². The zero-order valence-corrected chi connectivity index (χ0v) is 28.0. The average molecular weight is 698 g/mol. The van der Waals surface area contributed by atoms with Gasteiger partial charge in [0.25, 0.3) is 10.0 Å². The second-order valence-electron chi connectivity index (χ2n) is 10.8. The molecule has 1 aliphatic rings.